The van der Waals surface area contributed by atoms with Crippen molar-refractivity contribution in [3.63, 3.8) is 0 Å². The summed E-state index contributed by atoms with van der Waals surface area (Å²) in [4.78, 5) is 13.7. The molecular weight excluding hydrogens is 252 g/mol. The number of carbonyl (C=O) groups is 1. The molecule has 0 bridgehead atoms. The van der Waals surface area contributed by atoms with Gasteiger partial charge in [0.15, 0.2) is 0 Å². The van der Waals surface area contributed by atoms with Crippen molar-refractivity contribution in [1.82, 2.24) is 10.2 Å². The average molecular weight is 276 g/mol. The van der Waals surface area contributed by atoms with Gasteiger partial charge in [-0.05, 0) is 30.5 Å². The number of nitrogens with one attached hydrogen (secondary N) is 1. The monoisotopic (exact) mass is 276 g/mol. The fraction of sp³-hybridized carbons (Fsp3) is 0.562. The van der Waals surface area contributed by atoms with Crippen LogP contribution in [0.15, 0.2) is 30.3 Å². The number of carbonyl (C=O) groups excluding carboxylic acids is 1. The van der Waals surface area contributed by atoms with Gasteiger partial charge in [-0.3, -0.25) is 0 Å². The Labute approximate surface area is 121 Å². The van der Waals surface area contributed by atoms with Crippen molar-refractivity contribution in [1.29, 1.82) is 0 Å². The van der Waals surface area contributed by atoms with Crippen molar-refractivity contribution in [2.45, 2.75) is 20.0 Å². The zero-order valence-electron chi connectivity index (χ0n) is 12.3. The van der Waals surface area contributed by atoms with Crippen molar-refractivity contribution < 1.29 is 9.53 Å². The average Bonchev–Trinajstić information content (AvgIpc) is 2.93. The van der Waals surface area contributed by atoms with Crippen LogP contribution in [0.2, 0.25) is 0 Å². The van der Waals surface area contributed by atoms with E-state index < -0.39 is 0 Å². The van der Waals surface area contributed by atoms with Crippen LogP contribution in [-0.4, -0.2) is 37.7 Å². The SMILES string of the molecule is CC[C@H]1CNC[C@@H]1CN(C)C(=O)OCc1ccccc1. The van der Waals surface area contributed by atoms with E-state index in [1.807, 2.05) is 37.4 Å². The quantitative estimate of drug-likeness (QED) is 0.898. The first-order valence-corrected chi connectivity index (χ1v) is 7.33. The van der Waals surface area contributed by atoms with Gasteiger partial charge in [-0.25, -0.2) is 4.79 Å². The standard InChI is InChI=1S/C16H24N2O2/c1-3-14-9-17-10-15(14)11-18(2)16(19)20-12-13-7-5-4-6-8-13/h4-8,14-15,17H,3,9-12H2,1-2H3/t14-,15+/m0/s1. The van der Waals surface area contributed by atoms with Gasteiger partial charge in [-0.1, -0.05) is 43.7 Å². The molecule has 1 aromatic rings. The van der Waals surface area contributed by atoms with Gasteiger partial charge in [-0.2, -0.15) is 0 Å². The van der Waals surface area contributed by atoms with Gasteiger partial charge in [0.05, 0.1) is 0 Å². The lowest BCUT2D eigenvalue weighted by atomic mass is 9.93. The summed E-state index contributed by atoms with van der Waals surface area (Å²) in [6.07, 6.45) is 0.917. The maximum atomic E-state index is 12.0. The predicted molar refractivity (Wildman–Crippen MR) is 79.4 cm³/mol. The molecule has 2 atom stereocenters. The molecule has 4 heteroatoms. The second kappa shape index (κ2) is 7.29. The molecule has 1 aliphatic heterocycles. The van der Waals surface area contributed by atoms with E-state index in [1.165, 1.54) is 0 Å². The molecule has 0 spiro atoms. The summed E-state index contributed by atoms with van der Waals surface area (Å²) < 4.78 is 5.34. The number of hydrogen-bond acceptors (Lipinski definition) is 3. The normalized spacial score (nSPS) is 21.7. The minimum atomic E-state index is -0.240. The lowest BCUT2D eigenvalue weighted by molar-refractivity contribution is 0.0977. The molecule has 0 saturated carbocycles. The number of hydrogen-bond donors (Lipinski definition) is 1. The molecule has 0 unspecified atom stereocenters. The summed E-state index contributed by atoms with van der Waals surface area (Å²) in [5, 5.41) is 3.40. The van der Waals surface area contributed by atoms with E-state index >= 15 is 0 Å². The van der Waals surface area contributed by atoms with E-state index in [1.54, 1.807) is 4.90 Å². The van der Waals surface area contributed by atoms with Gasteiger partial charge in [0.2, 0.25) is 0 Å². The first-order valence-electron chi connectivity index (χ1n) is 7.33. The van der Waals surface area contributed by atoms with Crippen LogP contribution >= 0.6 is 0 Å². The number of nitrogens with zero attached hydrogens (tertiary/aromatic N) is 1. The van der Waals surface area contributed by atoms with Crippen molar-refractivity contribution >= 4 is 6.09 Å². The van der Waals surface area contributed by atoms with Gasteiger partial charge in [0, 0.05) is 13.6 Å². The summed E-state index contributed by atoms with van der Waals surface area (Å²) in [7, 11) is 1.82. The molecule has 1 aromatic carbocycles. The molecule has 1 aliphatic rings. The second-order valence-electron chi connectivity index (χ2n) is 5.51. The predicted octanol–water partition coefficient (Wildman–Crippen LogP) is 2.50. The molecule has 4 nitrogen and oxygen atoms in total. The Hall–Kier alpha value is -1.55. The highest BCUT2D eigenvalue weighted by atomic mass is 16.6. The summed E-state index contributed by atoms with van der Waals surface area (Å²) in [6, 6.07) is 9.77. The van der Waals surface area contributed by atoms with Crippen LogP contribution < -0.4 is 5.32 Å². The van der Waals surface area contributed by atoms with Crippen LogP contribution in [-0.2, 0) is 11.3 Å². The molecule has 1 N–H and O–H groups in total. The third-order valence-corrected chi connectivity index (χ3v) is 4.03. The lowest BCUT2D eigenvalue weighted by Crippen LogP contribution is -2.34. The minimum absolute atomic E-state index is 0.240. The molecule has 1 saturated heterocycles. The molecule has 110 valence electrons. The summed E-state index contributed by atoms with van der Waals surface area (Å²) in [6.45, 7) is 5.37. The molecule has 0 radical (unpaired) electrons. The molecule has 0 aromatic heterocycles. The molecule has 2 rings (SSSR count). The van der Waals surface area contributed by atoms with Crippen LogP contribution in [0, 0.1) is 11.8 Å². The van der Waals surface area contributed by atoms with Crippen molar-refractivity contribution in [2.24, 2.45) is 11.8 Å². The fourth-order valence-corrected chi connectivity index (χ4v) is 2.73. The Morgan fingerprint density at radius 2 is 2.00 bits per heavy atom. The molecular formula is C16H24N2O2. The second-order valence-corrected chi connectivity index (χ2v) is 5.51. The lowest BCUT2D eigenvalue weighted by Gasteiger charge is -2.23. The number of rotatable bonds is 5. The Bertz CT molecular complexity index is 422. The molecule has 1 fully saturated rings. The van der Waals surface area contributed by atoms with Crippen LogP contribution in [0.1, 0.15) is 18.9 Å². The van der Waals surface area contributed by atoms with E-state index in [4.69, 9.17) is 4.74 Å². The zero-order valence-corrected chi connectivity index (χ0v) is 12.3. The summed E-state index contributed by atoms with van der Waals surface area (Å²) in [5.41, 5.74) is 1.02. The van der Waals surface area contributed by atoms with Crippen molar-refractivity contribution in [2.75, 3.05) is 26.7 Å². The first kappa shape index (κ1) is 14.9. The molecule has 1 heterocycles. The third-order valence-electron chi connectivity index (χ3n) is 4.03. The highest BCUT2D eigenvalue weighted by molar-refractivity contribution is 5.67. The maximum Gasteiger partial charge on any atom is 0.409 e. The van der Waals surface area contributed by atoms with Crippen LogP contribution in [0.5, 0.6) is 0 Å². The molecule has 1 amide bonds. The van der Waals surface area contributed by atoms with Crippen molar-refractivity contribution in [3.8, 4) is 0 Å². The Morgan fingerprint density at radius 3 is 2.70 bits per heavy atom. The Kier molecular flexibility index (Phi) is 5.41. The summed E-state index contributed by atoms with van der Waals surface area (Å²) in [5.74, 6) is 1.20. The van der Waals surface area contributed by atoms with E-state index in [0.717, 1.165) is 31.6 Å². The number of ether oxygens (including phenoxy) is 1. The van der Waals surface area contributed by atoms with Gasteiger partial charge < -0.3 is 15.0 Å². The summed E-state index contributed by atoms with van der Waals surface area (Å²) >= 11 is 0. The van der Waals surface area contributed by atoms with Crippen LogP contribution in [0.25, 0.3) is 0 Å². The highest BCUT2D eigenvalue weighted by Gasteiger charge is 2.27. The van der Waals surface area contributed by atoms with E-state index in [0.29, 0.717) is 18.4 Å². The number of amides is 1. The van der Waals surface area contributed by atoms with Gasteiger partial charge >= 0.3 is 6.09 Å². The minimum Gasteiger partial charge on any atom is -0.445 e. The Morgan fingerprint density at radius 1 is 1.30 bits per heavy atom. The molecule has 0 aliphatic carbocycles. The smallest absolute Gasteiger partial charge is 0.409 e. The maximum absolute atomic E-state index is 12.0. The van der Waals surface area contributed by atoms with Gasteiger partial charge in [0.1, 0.15) is 6.61 Å². The van der Waals surface area contributed by atoms with Gasteiger partial charge in [-0.15, -0.1) is 0 Å². The first-order chi connectivity index (χ1) is 9.70. The largest absolute Gasteiger partial charge is 0.445 e. The Balaban J connectivity index is 1.77. The topological polar surface area (TPSA) is 41.6 Å². The third kappa shape index (κ3) is 3.97. The van der Waals surface area contributed by atoms with Crippen molar-refractivity contribution in [3.05, 3.63) is 35.9 Å². The zero-order chi connectivity index (χ0) is 14.4. The van der Waals surface area contributed by atoms with E-state index in [2.05, 4.69) is 12.2 Å². The fourth-order valence-electron chi connectivity index (χ4n) is 2.73. The van der Waals surface area contributed by atoms with Crippen LogP contribution in [0.4, 0.5) is 4.79 Å². The van der Waals surface area contributed by atoms with E-state index in [-0.39, 0.29) is 6.09 Å². The molecule has 20 heavy (non-hydrogen) atoms. The van der Waals surface area contributed by atoms with E-state index in [9.17, 15) is 4.79 Å². The highest BCUT2D eigenvalue weighted by Crippen LogP contribution is 2.20. The number of benzene rings is 1. The van der Waals surface area contributed by atoms with Crippen LogP contribution in [0.3, 0.4) is 0 Å². The van der Waals surface area contributed by atoms with Gasteiger partial charge in [0.25, 0.3) is 0 Å².